The summed E-state index contributed by atoms with van der Waals surface area (Å²) < 4.78 is 52.4. The predicted octanol–water partition coefficient (Wildman–Crippen LogP) is 4.02. The minimum Gasteiger partial charge on any atom is -0.493 e. The predicted molar refractivity (Wildman–Crippen MR) is 136 cm³/mol. The molecule has 2 amide bonds. The second kappa shape index (κ2) is 11.2. The van der Waals surface area contributed by atoms with Crippen molar-refractivity contribution in [2.24, 2.45) is 5.92 Å². The van der Waals surface area contributed by atoms with Crippen LogP contribution in [-0.4, -0.2) is 65.3 Å². The van der Waals surface area contributed by atoms with Crippen LogP contribution in [0.1, 0.15) is 53.7 Å². The second-order valence-corrected chi connectivity index (χ2v) is 10.1. The van der Waals surface area contributed by atoms with Crippen molar-refractivity contribution in [3.8, 4) is 17.0 Å². The summed E-state index contributed by atoms with van der Waals surface area (Å²) in [5.74, 6) is -0.0132. The third kappa shape index (κ3) is 5.85. The van der Waals surface area contributed by atoms with Crippen molar-refractivity contribution in [1.82, 2.24) is 25.6 Å². The Hall–Kier alpha value is -3.67. The topological polar surface area (TPSA) is 118 Å². The number of ether oxygens (including phenoxy) is 2. The van der Waals surface area contributed by atoms with Crippen LogP contribution in [0, 0.1) is 12.8 Å². The normalized spacial score (nSPS) is 20.9. The van der Waals surface area contributed by atoms with Gasteiger partial charge in [-0.15, -0.1) is 0 Å². The van der Waals surface area contributed by atoms with Crippen LogP contribution in [0.2, 0.25) is 0 Å². The molecular formula is C27H30F3N5O4. The van der Waals surface area contributed by atoms with Crippen molar-refractivity contribution >= 4 is 22.8 Å². The maximum atomic E-state index is 14.5. The molecule has 39 heavy (non-hydrogen) atoms. The number of aromatic nitrogens is 3. The van der Waals surface area contributed by atoms with Crippen molar-refractivity contribution in [2.45, 2.75) is 57.3 Å². The third-order valence-electron chi connectivity index (χ3n) is 7.12. The molecule has 1 aromatic carbocycles. The highest BCUT2D eigenvalue weighted by atomic mass is 19.3. The molecule has 0 bridgehead atoms. The van der Waals surface area contributed by atoms with Crippen molar-refractivity contribution < 1.29 is 32.2 Å². The number of amides is 2. The SMILES string of the molecule is COCC(=O)N[C@@H]1C[C@H](NC(=O)c2c(C)[nH]c3c(-c4cc(C(F)F)ccc4OCC4CC4)ncnc23)C[C@H]1F. The highest BCUT2D eigenvalue weighted by Gasteiger charge is 2.37. The summed E-state index contributed by atoms with van der Waals surface area (Å²) in [6.45, 7) is 2.00. The number of H-pyrrole nitrogens is 1. The fourth-order valence-corrected chi connectivity index (χ4v) is 4.98. The second-order valence-electron chi connectivity index (χ2n) is 10.1. The Labute approximate surface area is 222 Å². The van der Waals surface area contributed by atoms with Crippen LogP contribution >= 0.6 is 0 Å². The average molecular weight is 546 g/mol. The van der Waals surface area contributed by atoms with Gasteiger partial charge in [0.05, 0.1) is 23.7 Å². The summed E-state index contributed by atoms with van der Waals surface area (Å²) in [5, 5.41) is 5.44. The molecular weight excluding hydrogens is 515 g/mol. The minimum absolute atomic E-state index is 0.0490. The van der Waals surface area contributed by atoms with Crippen LogP contribution in [0.25, 0.3) is 22.3 Å². The number of hydrogen-bond donors (Lipinski definition) is 3. The number of aromatic amines is 1. The monoisotopic (exact) mass is 545 g/mol. The number of alkyl halides is 3. The van der Waals surface area contributed by atoms with E-state index in [9.17, 15) is 22.8 Å². The standard InChI is InChI=1S/C27H30F3N5O4/c1-13-22(27(37)34-16-8-18(28)19(9-16)35-21(36)11-38-2)24-25(33-13)23(31-12-32-24)17-7-15(26(29)30)5-6-20(17)39-10-14-3-4-14/h5-7,12,14,16,18-19,26,33H,3-4,8-11H2,1-2H3,(H,34,37)(H,35,36)/t16-,18-,19-/m1/s1. The summed E-state index contributed by atoms with van der Waals surface area (Å²) in [6.07, 6.45) is -0.304. The highest BCUT2D eigenvalue weighted by Crippen LogP contribution is 2.38. The number of aryl methyl sites for hydroxylation is 1. The Bertz CT molecular complexity index is 1380. The molecule has 12 heteroatoms. The lowest BCUT2D eigenvalue weighted by Crippen LogP contribution is -2.41. The number of hydrogen-bond acceptors (Lipinski definition) is 6. The van der Waals surface area contributed by atoms with E-state index in [1.165, 1.54) is 31.6 Å². The molecule has 2 saturated carbocycles. The van der Waals surface area contributed by atoms with E-state index in [0.717, 1.165) is 12.8 Å². The maximum absolute atomic E-state index is 14.5. The molecule has 5 rings (SSSR count). The number of rotatable bonds is 10. The van der Waals surface area contributed by atoms with Gasteiger partial charge in [-0.2, -0.15) is 0 Å². The van der Waals surface area contributed by atoms with E-state index in [2.05, 4.69) is 25.6 Å². The molecule has 2 aliphatic carbocycles. The zero-order chi connectivity index (χ0) is 27.7. The fraction of sp³-hybridized carbons (Fsp3) is 0.481. The number of halogens is 3. The number of nitrogens with zero attached hydrogens (tertiary/aromatic N) is 2. The van der Waals surface area contributed by atoms with Crippen LogP contribution < -0.4 is 15.4 Å². The number of carbonyl (C=O) groups excluding carboxylic acids is 2. The van der Waals surface area contributed by atoms with Gasteiger partial charge >= 0.3 is 0 Å². The van der Waals surface area contributed by atoms with E-state index in [4.69, 9.17) is 9.47 Å². The average Bonchev–Trinajstić information content (AvgIpc) is 3.57. The van der Waals surface area contributed by atoms with Gasteiger partial charge < -0.3 is 25.1 Å². The van der Waals surface area contributed by atoms with Crippen LogP contribution in [0.15, 0.2) is 24.5 Å². The molecule has 0 saturated heterocycles. The molecule has 2 aliphatic rings. The maximum Gasteiger partial charge on any atom is 0.263 e. The van der Waals surface area contributed by atoms with Crippen molar-refractivity contribution in [1.29, 1.82) is 0 Å². The lowest BCUT2D eigenvalue weighted by molar-refractivity contribution is -0.125. The molecule has 2 fully saturated rings. The molecule has 2 aromatic heterocycles. The van der Waals surface area contributed by atoms with Crippen LogP contribution in [0.4, 0.5) is 13.2 Å². The van der Waals surface area contributed by atoms with Gasteiger partial charge in [-0.1, -0.05) is 0 Å². The summed E-state index contributed by atoms with van der Waals surface area (Å²) in [5.41, 5.74) is 2.00. The van der Waals surface area contributed by atoms with Crippen LogP contribution in [-0.2, 0) is 9.53 Å². The molecule has 0 radical (unpaired) electrons. The number of benzene rings is 1. The zero-order valence-corrected chi connectivity index (χ0v) is 21.6. The van der Waals surface area contributed by atoms with Gasteiger partial charge in [-0.25, -0.2) is 23.1 Å². The first-order valence-electron chi connectivity index (χ1n) is 12.9. The van der Waals surface area contributed by atoms with E-state index in [-0.39, 0.29) is 30.6 Å². The summed E-state index contributed by atoms with van der Waals surface area (Å²) in [7, 11) is 1.38. The summed E-state index contributed by atoms with van der Waals surface area (Å²) in [6, 6.07) is 2.97. The summed E-state index contributed by atoms with van der Waals surface area (Å²) in [4.78, 5) is 36.9. The first kappa shape index (κ1) is 26.9. The lowest BCUT2D eigenvalue weighted by Gasteiger charge is -2.15. The molecule has 3 aromatic rings. The van der Waals surface area contributed by atoms with Gasteiger partial charge in [0.2, 0.25) is 5.91 Å². The Morgan fingerprint density at radius 2 is 1.97 bits per heavy atom. The Kier molecular flexibility index (Phi) is 7.74. The Morgan fingerprint density at radius 3 is 2.69 bits per heavy atom. The first-order valence-corrected chi connectivity index (χ1v) is 12.9. The summed E-state index contributed by atoms with van der Waals surface area (Å²) >= 11 is 0. The van der Waals surface area contributed by atoms with Gasteiger partial charge in [0.25, 0.3) is 12.3 Å². The Balaban J connectivity index is 1.42. The van der Waals surface area contributed by atoms with Gasteiger partial charge in [-0.3, -0.25) is 9.59 Å². The smallest absolute Gasteiger partial charge is 0.263 e. The number of nitrogens with one attached hydrogen (secondary N) is 3. The zero-order valence-electron chi connectivity index (χ0n) is 21.6. The van der Waals surface area contributed by atoms with Crippen molar-refractivity contribution in [2.75, 3.05) is 20.3 Å². The van der Waals surface area contributed by atoms with E-state index in [1.807, 2.05) is 0 Å². The molecule has 3 N–H and O–H groups in total. The molecule has 0 spiro atoms. The van der Waals surface area contributed by atoms with Crippen molar-refractivity contribution in [3.63, 3.8) is 0 Å². The fourth-order valence-electron chi connectivity index (χ4n) is 4.98. The van der Waals surface area contributed by atoms with E-state index < -0.39 is 36.5 Å². The molecule has 0 aliphatic heterocycles. The van der Waals surface area contributed by atoms with Gasteiger partial charge in [0.15, 0.2) is 0 Å². The molecule has 208 valence electrons. The number of methoxy groups -OCH3 is 1. The van der Waals surface area contributed by atoms with Gasteiger partial charge in [0.1, 0.15) is 36.1 Å². The van der Waals surface area contributed by atoms with E-state index in [1.54, 1.807) is 6.92 Å². The van der Waals surface area contributed by atoms with Crippen LogP contribution in [0.3, 0.4) is 0 Å². The largest absolute Gasteiger partial charge is 0.493 e. The molecule has 2 heterocycles. The molecule has 0 unspecified atom stereocenters. The first-order chi connectivity index (χ1) is 18.7. The van der Waals surface area contributed by atoms with Crippen LogP contribution in [0.5, 0.6) is 5.75 Å². The van der Waals surface area contributed by atoms with Crippen molar-refractivity contribution in [3.05, 3.63) is 41.3 Å². The van der Waals surface area contributed by atoms with Gasteiger partial charge in [0, 0.05) is 36.4 Å². The Morgan fingerprint density at radius 1 is 1.18 bits per heavy atom. The highest BCUT2D eigenvalue weighted by molar-refractivity contribution is 6.09. The third-order valence-corrected chi connectivity index (χ3v) is 7.12. The molecule has 9 nitrogen and oxygen atoms in total. The number of fused-ring (bicyclic) bond motifs is 1. The van der Waals surface area contributed by atoms with Gasteiger partial charge in [-0.05, 0) is 50.3 Å². The quantitative estimate of drug-likeness (QED) is 0.354. The number of carbonyl (C=O) groups is 2. The van der Waals surface area contributed by atoms with E-state index >= 15 is 0 Å². The molecule has 3 atom stereocenters. The van der Waals surface area contributed by atoms with E-state index in [0.29, 0.717) is 46.3 Å². The minimum atomic E-state index is -2.68. The lowest BCUT2D eigenvalue weighted by atomic mass is 10.0.